The summed E-state index contributed by atoms with van der Waals surface area (Å²) in [5.41, 5.74) is -0.190. The largest absolute Gasteiger partial charge is 0.479 e. The average Bonchev–Trinajstić information content (AvgIpc) is 3.08. The lowest BCUT2D eigenvalue weighted by atomic mass is 9.86. The van der Waals surface area contributed by atoms with Gasteiger partial charge in [0.25, 0.3) is 0 Å². The number of methoxy groups -OCH3 is 1. The number of hydrogen-bond acceptors (Lipinski definition) is 5. The maximum Gasteiger partial charge on any atom is 0.331 e. The molecule has 31 heavy (non-hydrogen) atoms. The second-order valence-corrected chi connectivity index (χ2v) is 11.8. The molecular weight excluding hydrogens is 412 g/mol. The molecule has 1 rings (SSSR count). The first-order chi connectivity index (χ1) is 14.6. The first kappa shape index (κ1) is 28.0. The van der Waals surface area contributed by atoms with Crippen molar-refractivity contribution in [3.8, 4) is 0 Å². The van der Waals surface area contributed by atoms with Gasteiger partial charge < -0.3 is 19.4 Å². The minimum Gasteiger partial charge on any atom is -0.479 e. The van der Waals surface area contributed by atoms with E-state index < -0.39 is 27.2 Å². The number of carboxylic acids is 1. The van der Waals surface area contributed by atoms with Crippen LogP contribution < -0.4 is 0 Å². The summed E-state index contributed by atoms with van der Waals surface area (Å²) in [6.07, 6.45) is 10.4. The molecule has 0 aromatic rings. The van der Waals surface area contributed by atoms with Crippen LogP contribution in [0.2, 0.25) is 13.1 Å². The van der Waals surface area contributed by atoms with Gasteiger partial charge >= 0.3 is 5.97 Å². The van der Waals surface area contributed by atoms with E-state index >= 15 is 0 Å². The number of carbonyl (C=O) groups is 2. The molecule has 0 aliphatic heterocycles. The van der Waals surface area contributed by atoms with Crippen LogP contribution in [-0.2, 0) is 18.8 Å². The van der Waals surface area contributed by atoms with Crippen molar-refractivity contribution >= 4 is 20.8 Å². The second-order valence-electron chi connectivity index (χ2n) is 9.45. The van der Waals surface area contributed by atoms with Gasteiger partial charge in [0.2, 0.25) is 0 Å². The van der Waals surface area contributed by atoms with Crippen molar-refractivity contribution in [2.45, 2.75) is 109 Å². The maximum absolute atomic E-state index is 12.4. The quantitative estimate of drug-likeness (QED) is 0.202. The normalized spacial score (nSPS) is 23.4. The zero-order valence-electron chi connectivity index (χ0n) is 20.1. The van der Waals surface area contributed by atoms with Crippen molar-refractivity contribution < 1.29 is 29.0 Å². The molecule has 0 saturated heterocycles. The SMILES string of the molecule is CCCCC(C)(CC=C[C@H]1CCC(=O)[C@@H]1C(O)CCCCC(O[SiH](C)C)C(=O)O)OC. The van der Waals surface area contributed by atoms with E-state index in [4.69, 9.17) is 9.16 Å². The van der Waals surface area contributed by atoms with Crippen LogP contribution in [0.1, 0.15) is 78.1 Å². The first-order valence-electron chi connectivity index (χ1n) is 11.9. The van der Waals surface area contributed by atoms with Crippen LogP contribution in [0.3, 0.4) is 0 Å². The predicted molar refractivity (Wildman–Crippen MR) is 126 cm³/mol. The molecule has 1 aliphatic carbocycles. The monoisotopic (exact) mass is 456 g/mol. The molecule has 0 aromatic carbocycles. The Bertz CT molecular complexity index is 578. The Labute approximate surface area is 190 Å². The first-order valence-corrected chi connectivity index (χ1v) is 14.7. The van der Waals surface area contributed by atoms with Crippen molar-refractivity contribution in [1.82, 2.24) is 0 Å². The number of ketones is 1. The number of aliphatic hydroxyl groups excluding tert-OH is 1. The zero-order chi connectivity index (χ0) is 23.4. The zero-order valence-corrected chi connectivity index (χ0v) is 21.3. The Kier molecular flexibility index (Phi) is 12.8. The summed E-state index contributed by atoms with van der Waals surface area (Å²) in [6.45, 7) is 8.20. The van der Waals surface area contributed by atoms with E-state index in [9.17, 15) is 19.8 Å². The van der Waals surface area contributed by atoms with Gasteiger partial charge in [0, 0.05) is 19.4 Å². The lowest BCUT2D eigenvalue weighted by Crippen LogP contribution is -2.30. The molecule has 3 unspecified atom stereocenters. The van der Waals surface area contributed by atoms with Crippen molar-refractivity contribution in [2.75, 3.05) is 7.11 Å². The summed E-state index contributed by atoms with van der Waals surface area (Å²) in [4.78, 5) is 23.7. The molecule has 1 fully saturated rings. The van der Waals surface area contributed by atoms with Gasteiger partial charge in [0.15, 0.2) is 9.04 Å². The van der Waals surface area contributed by atoms with Crippen molar-refractivity contribution in [1.29, 1.82) is 0 Å². The van der Waals surface area contributed by atoms with Crippen LogP contribution in [0.5, 0.6) is 0 Å². The van der Waals surface area contributed by atoms with Gasteiger partial charge in [-0.05, 0) is 58.0 Å². The minimum absolute atomic E-state index is 0.0665. The fourth-order valence-corrected chi connectivity index (χ4v) is 5.29. The molecule has 0 bridgehead atoms. The summed E-state index contributed by atoms with van der Waals surface area (Å²) in [6, 6.07) is 0. The molecule has 6 nitrogen and oxygen atoms in total. The molecular formula is C24H44O6Si. The van der Waals surface area contributed by atoms with Crippen molar-refractivity contribution in [2.24, 2.45) is 11.8 Å². The molecule has 0 radical (unpaired) electrons. The Morgan fingerprint density at radius 3 is 2.55 bits per heavy atom. The molecule has 0 heterocycles. The van der Waals surface area contributed by atoms with Gasteiger partial charge in [0.1, 0.15) is 11.9 Å². The van der Waals surface area contributed by atoms with Gasteiger partial charge in [-0.15, -0.1) is 0 Å². The Morgan fingerprint density at radius 1 is 1.29 bits per heavy atom. The lowest BCUT2D eigenvalue weighted by molar-refractivity contribution is -0.145. The van der Waals surface area contributed by atoms with Crippen LogP contribution in [-0.4, -0.2) is 55.9 Å². The second kappa shape index (κ2) is 14.2. The van der Waals surface area contributed by atoms with Gasteiger partial charge in [-0.2, -0.15) is 0 Å². The standard InChI is InChI=1S/C24H44O6Si/c1-6-7-16-24(2,29-3)17-10-11-18-14-15-20(26)22(18)19(25)12-8-9-13-21(23(27)28)30-31(4)5/h10-11,18-19,21-22,25,31H,6-9,12-17H2,1-5H3,(H,27,28)/t18-,19?,21?,22-,24?/m0/s1. The summed E-state index contributed by atoms with van der Waals surface area (Å²) in [5, 5.41) is 20.0. The number of Topliss-reactive ketones (excluding diaryl/α,β-unsaturated/α-hetero) is 1. The topological polar surface area (TPSA) is 93.1 Å². The predicted octanol–water partition coefficient (Wildman–Crippen LogP) is 4.50. The van der Waals surface area contributed by atoms with Crippen LogP contribution in [0.25, 0.3) is 0 Å². The summed E-state index contributed by atoms with van der Waals surface area (Å²) in [7, 11) is 0.333. The van der Waals surface area contributed by atoms with Crippen LogP contribution in [0.4, 0.5) is 0 Å². The smallest absolute Gasteiger partial charge is 0.331 e. The number of carboxylic acid groups (broad SMARTS) is 1. The molecule has 0 amide bonds. The number of allylic oxidation sites excluding steroid dienone is 1. The number of ether oxygens (including phenoxy) is 1. The number of unbranched alkanes of at least 4 members (excludes halogenated alkanes) is 2. The van der Waals surface area contributed by atoms with Gasteiger partial charge in [0.05, 0.1) is 11.7 Å². The van der Waals surface area contributed by atoms with Crippen molar-refractivity contribution in [3.05, 3.63) is 12.2 Å². The molecule has 5 atom stereocenters. The van der Waals surface area contributed by atoms with Crippen LogP contribution >= 0.6 is 0 Å². The Hall–Kier alpha value is -1.02. The number of hydrogen-bond donors (Lipinski definition) is 2. The van der Waals surface area contributed by atoms with Crippen LogP contribution in [0, 0.1) is 11.8 Å². The lowest BCUT2D eigenvalue weighted by Gasteiger charge is -2.27. The molecule has 1 aliphatic rings. The molecule has 1 saturated carbocycles. The average molecular weight is 457 g/mol. The van der Waals surface area contributed by atoms with E-state index in [2.05, 4.69) is 26.0 Å². The fourth-order valence-electron chi connectivity index (χ4n) is 4.38. The Morgan fingerprint density at radius 2 is 1.97 bits per heavy atom. The third kappa shape index (κ3) is 9.98. The minimum atomic E-state index is -1.42. The van der Waals surface area contributed by atoms with Crippen LogP contribution in [0.15, 0.2) is 12.2 Å². The van der Waals surface area contributed by atoms with E-state index in [-0.39, 0.29) is 23.2 Å². The molecule has 0 spiro atoms. The van der Waals surface area contributed by atoms with E-state index in [1.807, 2.05) is 13.1 Å². The number of aliphatic hydroxyl groups is 1. The highest BCUT2D eigenvalue weighted by Crippen LogP contribution is 2.35. The van der Waals surface area contributed by atoms with Gasteiger partial charge in [-0.1, -0.05) is 44.8 Å². The summed E-state index contributed by atoms with van der Waals surface area (Å²) >= 11 is 0. The fraction of sp³-hybridized carbons (Fsp3) is 0.833. The van der Waals surface area contributed by atoms with Gasteiger partial charge in [-0.3, -0.25) is 4.79 Å². The molecule has 180 valence electrons. The highest BCUT2D eigenvalue weighted by molar-refractivity contribution is 6.48. The summed E-state index contributed by atoms with van der Waals surface area (Å²) in [5.74, 6) is -1.06. The third-order valence-electron chi connectivity index (χ3n) is 6.38. The van der Waals surface area contributed by atoms with E-state index in [1.54, 1.807) is 7.11 Å². The highest BCUT2D eigenvalue weighted by atomic mass is 28.3. The maximum atomic E-state index is 12.4. The van der Waals surface area contributed by atoms with E-state index in [0.29, 0.717) is 32.1 Å². The molecule has 7 heteroatoms. The third-order valence-corrected chi connectivity index (χ3v) is 7.26. The van der Waals surface area contributed by atoms with E-state index in [0.717, 1.165) is 32.1 Å². The number of rotatable bonds is 16. The van der Waals surface area contributed by atoms with Crippen molar-refractivity contribution in [3.63, 3.8) is 0 Å². The Balaban J connectivity index is 2.54. The molecule has 0 aromatic heterocycles. The number of aliphatic carboxylic acids is 1. The molecule has 2 N–H and O–H groups in total. The van der Waals surface area contributed by atoms with Gasteiger partial charge in [-0.25, -0.2) is 4.79 Å². The number of carbonyl (C=O) groups excluding carboxylic acids is 1. The highest BCUT2D eigenvalue weighted by Gasteiger charge is 2.38. The van der Waals surface area contributed by atoms with E-state index in [1.165, 1.54) is 0 Å². The summed E-state index contributed by atoms with van der Waals surface area (Å²) < 4.78 is 11.3.